The van der Waals surface area contributed by atoms with Crippen molar-refractivity contribution >= 4 is 0 Å². The van der Waals surface area contributed by atoms with E-state index < -0.39 is 5.72 Å². The van der Waals surface area contributed by atoms with Crippen LogP contribution in [-0.4, -0.2) is 18.3 Å². The summed E-state index contributed by atoms with van der Waals surface area (Å²) in [7, 11) is 0. The van der Waals surface area contributed by atoms with E-state index in [0.29, 0.717) is 0 Å². The van der Waals surface area contributed by atoms with Crippen LogP contribution in [0.1, 0.15) is 26.3 Å². The molecule has 1 aliphatic heterocycles. The molecular weight excluding hydrogens is 202 g/mol. The highest BCUT2D eigenvalue weighted by atomic mass is 16.5. The minimum atomic E-state index is -0.441. The lowest BCUT2D eigenvalue weighted by atomic mass is 9.90. The molecule has 3 heteroatoms. The summed E-state index contributed by atoms with van der Waals surface area (Å²) in [6, 6.07) is 7.15. The Labute approximate surface area is 96.4 Å². The molecule has 2 rings (SSSR count). The summed E-state index contributed by atoms with van der Waals surface area (Å²) in [4.78, 5) is 0. The lowest BCUT2D eigenvalue weighted by Crippen LogP contribution is -2.53. The summed E-state index contributed by atoms with van der Waals surface area (Å²) in [6.07, 6.45) is 0. The number of aromatic hydroxyl groups is 1. The highest BCUT2D eigenvalue weighted by Crippen LogP contribution is 2.31. The summed E-state index contributed by atoms with van der Waals surface area (Å²) >= 11 is 0. The number of nitrogens with one attached hydrogen (secondary N) is 1. The van der Waals surface area contributed by atoms with Gasteiger partial charge in [-0.15, -0.1) is 0 Å². The molecule has 1 unspecified atom stereocenters. The van der Waals surface area contributed by atoms with Gasteiger partial charge in [-0.1, -0.05) is 26.0 Å². The Balaban J connectivity index is 2.18. The van der Waals surface area contributed by atoms with Crippen LogP contribution in [0.3, 0.4) is 0 Å². The molecule has 0 amide bonds. The molecule has 0 aromatic heterocycles. The number of hydrogen-bond acceptors (Lipinski definition) is 3. The van der Waals surface area contributed by atoms with E-state index in [0.717, 1.165) is 18.7 Å². The fourth-order valence-electron chi connectivity index (χ4n) is 1.81. The van der Waals surface area contributed by atoms with Crippen LogP contribution in [0.2, 0.25) is 0 Å². The Morgan fingerprint density at radius 2 is 1.81 bits per heavy atom. The Morgan fingerprint density at radius 3 is 2.31 bits per heavy atom. The first-order valence-corrected chi connectivity index (χ1v) is 5.60. The maximum Gasteiger partial charge on any atom is 0.142 e. The quantitative estimate of drug-likeness (QED) is 0.764. The molecule has 0 radical (unpaired) electrons. The lowest BCUT2D eigenvalue weighted by molar-refractivity contribution is -0.131. The second-order valence-electron chi connectivity index (χ2n) is 5.39. The summed E-state index contributed by atoms with van der Waals surface area (Å²) in [5.74, 6) is 0.281. The summed E-state index contributed by atoms with van der Waals surface area (Å²) in [5, 5.41) is 12.7. The topological polar surface area (TPSA) is 41.5 Å². The minimum Gasteiger partial charge on any atom is -0.508 e. The largest absolute Gasteiger partial charge is 0.508 e. The van der Waals surface area contributed by atoms with E-state index in [2.05, 4.69) is 19.2 Å². The van der Waals surface area contributed by atoms with Crippen LogP contribution in [0.5, 0.6) is 5.75 Å². The van der Waals surface area contributed by atoms with Crippen LogP contribution in [0.25, 0.3) is 0 Å². The molecule has 16 heavy (non-hydrogen) atoms. The van der Waals surface area contributed by atoms with Gasteiger partial charge in [0, 0.05) is 12.0 Å². The van der Waals surface area contributed by atoms with E-state index in [9.17, 15) is 5.11 Å². The predicted molar refractivity (Wildman–Crippen MR) is 63.2 cm³/mol. The minimum absolute atomic E-state index is 0.177. The molecule has 1 atom stereocenters. The summed E-state index contributed by atoms with van der Waals surface area (Å²) < 4.78 is 5.91. The number of rotatable bonds is 1. The molecule has 88 valence electrons. The standard InChI is InChI=1S/C13H19NO2/c1-12(2)8-14-13(3,16-9-12)10-4-6-11(15)7-5-10/h4-7,14-15H,8-9H2,1-3H3. The third-order valence-electron chi connectivity index (χ3n) is 3.07. The Hall–Kier alpha value is -1.06. The van der Waals surface area contributed by atoms with E-state index in [1.165, 1.54) is 0 Å². The average molecular weight is 221 g/mol. The first kappa shape index (κ1) is 11.4. The molecule has 0 aliphatic carbocycles. The van der Waals surface area contributed by atoms with Crippen molar-refractivity contribution in [2.24, 2.45) is 5.41 Å². The zero-order chi connectivity index (χ0) is 11.8. The second kappa shape index (κ2) is 3.75. The van der Waals surface area contributed by atoms with Gasteiger partial charge in [-0.05, 0) is 24.6 Å². The third kappa shape index (κ3) is 2.20. The van der Waals surface area contributed by atoms with E-state index in [1.807, 2.05) is 19.1 Å². The first-order valence-electron chi connectivity index (χ1n) is 5.60. The van der Waals surface area contributed by atoms with E-state index in [-0.39, 0.29) is 11.2 Å². The molecule has 1 aromatic carbocycles. The molecule has 0 saturated carbocycles. The van der Waals surface area contributed by atoms with Crippen molar-refractivity contribution in [3.8, 4) is 5.75 Å². The zero-order valence-electron chi connectivity index (χ0n) is 10.1. The van der Waals surface area contributed by atoms with Crippen molar-refractivity contribution < 1.29 is 9.84 Å². The molecule has 1 saturated heterocycles. The Bertz CT molecular complexity index is 360. The smallest absolute Gasteiger partial charge is 0.142 e. The highest BCUT2D eigenvalue weighted by molar-refractivity contribution is 5.29. The zero-order valence-corrected chi connectivity index (χ0v) is 10.1. The molecule has 2 N–H and O–H groups in total. The average Bonchev–Trinajstić information content (AvgIpc) is 2.24. The van der Waals surface area contributed by atoms with Crippen LogP contribution in [0.15, 0.2) is 24.3 Å². The van der Waals surface area contributed by atoms with Crippen molar-refractivity contribution in [1.82, 2.24) is 5.32 Å². The van der Waals surface area contributed by atoms with Crippen LogP contribution in [0.4, 0.5) is 0 Å². The van der Waals surface area contributed by atoms with Gasteiger partial charge in [0.2, 0.25) is 0 Å². The van der Waals surface area contributed by atoms with E-state index in [1.54, 1.807) is 12.1 Å². The maximum absolute atomic E-state index is 9.26. The van der Waals surface area contributed by atoms with Crippen LogP contribution in [0, 0.1) is 5.41 Å². The van der Waals surface area contributed by atoms with Crippen molar-refractivity contribution in [2.75, 3.05) is 13.2 Å². The van der Waals surface area contributed by atoms with Gasteiger partial charge in [-0.2, -0.15) is 0 Å². The molecule has 1 fully saturated rings. The number of phenols is 1. The van der Waals surface area contributed by atoms with E-state index >= 15 is 0 Å². The molecule has 0 spiro atoms. The van der Waals surface area contributed by atoms with Gasteiger partial charge in [0.15, 0.2) is 0 Å². The molecule has 1 heterocycles. The molecule has 1 aromatic rings. The Morgan fingerprint density at radius 1 is 1.19 bits per heavy atom. The van der Waals surface area contributed by atoms with E-state index in [4.69, 9.17) is 4.74 Å². The maximum atomic E-state index is 9.26. The summed E-state index contributed by atoms with van der Waals surface area (Å²) in [6.45, 7) is 8.03. The lowest BCUT2D eigenvalue weighted by Gasteiger charge is -2.42. The highest BCUT2D eigenvalue weighted by Gasteiger charge is 2.36. The van der Waals surface area contributed by atoms with Crippen LogP contribution in [-0.2, 0) is 10.5 Å². The molecule has 0 bridgehead atoms. The van der Waals surface area contributed by atoms with Crippen LogP contribution >= 0.6 is 0 Å². The van der Waals surface area contributed by atoms with Gasteiger partial charge in [-0.25, -0.2) is 0 Å². The summed E-state index contributed by atoms with van der Waals surface area (Å²) in [5.41, 5.74) is 0.778. The van der Waals surface area contributed by atoms with Gasteiger partial charge in [0.25, 0.3) is 0 Å². The van der Waals surface area contributed by atoms with Gasteiger partial charge in [-0.3, -0.25) is 5.32 Å². The number of hydrogen-bond donors (Lipinski definition) is 2. The third-order valence-corrected chi connectivity index (χ3v) is 3.07. The SMILES string of the molecule is CC1(C)CNC(C)(c2ccc(O)cc2)OC1. The van der Waals surface area contributed by atoms with Gasteiger partial charge in [0.1, 0.15) is 11.5 Å². The monoisotopic (exact) mass is 221 g/mol. The second-order valence-corrected chi connectivity index (χ2v) is 5.39. The number of benzene rings is 1. The molecule has 3 nitrogen and oxygen atoms in total. The Kier molecular flexibility index (Phi) is 2.68. The fraction of sp³-hybridized carbons (Fsp3) is 0.538. The number of ether oxygens (including phenoxy) is 1. The normalized spacial score (nSPS) is 28.9. The predicted octanol–water partition coefficient (Wildman–Crippen LogP) is 2.21. The van der Waals surface area contributed by atoms with Gasteiger partial charge in [0.05, 0.1) is 6.61 Å². The van der Waals surface area contributed by atoms with Crippen molar-refractivity contribution in [2.45, 2.75) is 26.5 Å². The van der Waals surface area contributed by atoms with Crippen molar-refractivity contribution in [3.63, 3.8) is 0 Å². The van der Waals surface area contributed by atoms with Crippen molar-refractivity contribution in [1.29, 1.82) is 0 Å². The fourth-order valence-corrected chi connectivity index (χ4v) is 1.81. The molecule has 1 aliphatic rings. The number of phenolic OH excluding ortho intramolecular Hbond substituents is 1. The first-order chi connectivity index (χ1) is 7.41. The van der Waals surface area contributed by atoms with Crippen molar-refractivity contribution in [3.05, 3.63) is 29.8 Å². The molecular formula is C13H19NO2. The van der Waals surface area contributed by atoms with Gasteiger partial charge < -0.3 is 9.84 Å². The van der Waals surface area contributed by atoms with Crippen LogP contribution < -0.4 is 5.32 Å². The van der Waals surface area contributed by atoms with Gasteiger partial charge >= 0.3 is 0 Å².